The molecule has 0 aliphatic rings. The highest BCUT2D eigenvalue weighted by atomic mass is 16.2. The minimum absolute atomic E-state index is 0.142. The molecule has 0 bridgehead atoms. The standard InChI is InChI=1S/C15H18N4O/c1-11-5-4-6-12(7-11)10-19(3)15(20)13-8-17-9-14(16-2)18-13/h4-9H,10H2,1-3H3,(H,16,18). The number of carbonyl (C=O) groups is 1. The lowest BCUT2D eigenvalue weighted by Crippen LogP contribution is -2.27. The summed E-state index contributed by atoms with van der Waals surface area (Å²) >= 11 is 0. The molecule has 1 aromatic carbocycles. The van der Waals surface area contributed by atoms with Gasteiger partial charge in [-0.05, 0) is 12.5 Å². The fourth-order valence-corrected chi connectivity index (χ4v) is 1.94. The summed E-state index contributed by atoms with van der Waals surface area (Å²) in [5, 5.41) is 2.87. The summed E-state index contributed by atoms with van der Waals surface area (Å²) in [5.74, 6) is 0.441. The maximum Gasteiger partial charge on any atom is 0.274 e. The molecule has 104 valence electrons. The van der Waals surface area contributed by atoms with Crippen LogP contribution in [0.15, 0.2) is 36.7 Å². The van der Waals surface area contributed by atoms with Gasteiger partial charge in [0.2, 0.25) is 0 Å². The van der Waals surface area contributed by atoms with Gasteiger partial charge in [0.25, 0.3) is 5.91 Å². The van der Waals surface area contributed by atoms with Crippen LogP contribution in [0, 0.1) is 6.92 Å². The molecule has 0 spiro atoms. The maximum absolute atomic E-state index is 12.3. The summed E-state index contributed by atoms with van der Waals surface area (Å²) in [6.45, 7) is 2.58. The normalized spacial score (nSPS) is 10.2. The molecular formula is C15H18N4O. The molecule has 1 N–H and O–H groups in total. The Bertz CT molecular complexity index is 612. The molecule has 20 heavy (non-hydrogen) atoms. The fourth-order valence-electron chi connectivity index (χ4n) is 1.94. The smallest absolute Gasteiger partial charge is 0.274 e. The van der Waals surface area contributed by atoms with Crippen LogP contribution < -0.4 is 5.32 Å². The van der Waals surface area contributed by atoms with E-state index in [1.165, 1.54) is 11.8 Å². The zero-order valence-corrected chi connectivity index (χ0v) is 11.9. The van der Waals surface area contributed by atoms with Gasteiger partial charge in [-0.1, -0.05) is 29.8 Å². The molecule has 0 atom stereocenters. The second kappa shape index (κ2) is 6.14. The number of carbonyl (C=O) groups excluding carboxylic acids is 1. The number of hydrogen-bond acceptors (Lipinski definition) is 4. The quantitative estimate of drug-likeness (QED) is 0.924. The van der Waals surface area contributed by atoms with Crippen LogP contribution in [0.3, 0.4) is 0 Å². The van der Waals surface area contributed by atoms with Gasteiger partial charge in [0.15, 0.2) is 0 Å². The second-order valence-corrected chi connectivity index (χ2v) is 4.69. The number of aromatic nitrogens is 2. The Morgan fingerprint density at radius 1 is 1.35 bits per heavy atom. The van der Waals surface area contributed by atoms with Crippen molar-refractivity contribution in [1.29, 1.82) is 0 Å². The van der Waals surface area contributed by atoms with E-state index in [2.05, 4.69) is 21.4 Å². The van der Waals surface area contributed by atoms with E-state index in [9.17, 15) is 4.79 Å². The van der Waals surface area contributed by atoms with Gasteiger partial charge in [0, 0.05) is 20.6 Å². The number of amides is 1. The first-order chi connectivity index (χ1) is 9.60. The molecule has 0 aliphatic heterocycles. The average Bonchev–Trinajstić information content (AvgIpc) is 2.46. The van der Waals surface area contributed by atoms with Crippen LogP contribution in [0.5, 0.6) is 0 Å². The molecule has 0 unspecified atom stereocenters. The molecule has 1 amide bonds. The van der Waals surface area contributed by atoms with Crippen LogP contribution in [0.2, 0.25) is 0 Å². The summed E-state index contributed by atoms with van der Waals surface area (Å²) in [4.78, 5) is 22.1. The van der Waals surface area contributed by atoms with Crippen molar-refractivity contribution < 1.29 is 4.79 Å². The van der Waals surface area contributed by atoms with E-state index in [1.807, 2.05) is 25.1 Å². The number of benzene rings is 1. The maximum atomic E-state index is 12.3. The molecule has 0 radical (unpaired) electrons. The highest BCUT2D eigenvalue weighted by molar-refractivity contribution is 5.92. The van der Waals surface area contributed by atoms with Gasteiger partial charge in [0.1, 0.15) is 11.5 Å². The van der Waals surface area contributed by atoms with Gasteiger partial charge >= 0.3 is 0 Å². The Balaban J connectivity index is 2.12. The molecule has 1 heterocycles. The highest BCUT2D eigenvalue weighted by Gasteiger charge is 2.14. The first-order valence-corrected chi connectivity index (χ1v) is 6.41. The van der Waals surface area contributed by atoms with Gasteiger partial charge in [-0.15, -0.1) is 0 Å². The minimum atomic E-state index is -0.142. The summed E-state index contributed by atoms with van der Waals surface area (Å²) < 4.78 is 0. The molecule has 0 saturated carbocycles. The van der Waals surface area contributed by atoms with E-state index in [0.29, 0.717) is 18.1 Å². The lowest BCUT2D eigenvalue weighted by molar-refractivity contribution is 0.0779. The van der Waals surface area contributed by atoms with E-state index in [-0.39, 0.29) is 5.91 Å². The third-order valence-electron chi connectivity index (χ3n) is 2.96. The Morgan fingerprint density at radius 3 is 2.85 bits per heavy atom. The zero-order valence-electron chi connectivity index (χ0n) is 11.9. The molecule has 5 heteroatoms. The van der Waals surface area contributed by atoms with Crippen LogP contribution >= 0.6 is 0 Å². The Labute approximate surface area is 118 Å². The van der Waals surface area contributed by atoms with Crippen molar-refractivity contribution in [2.24, 2.45) is 0 Å². The van der Waals surface area contributed by atoms with Gasteiger partial charge in [-0.25, -0.2) is 4.98 Å². The van der Waals surface area contributed by atoms with E-state index in [0.717, 1.165) is 5.56 Å². The fraction of sp³-hybridized carbons (Fsp3) is 0.267. The van der Waals surface area contributed by atoms with Crippen molar-refractivity contribution in [2.45, 2.75) is 13.5 Å². The number of hydrogen-bond donors (Lipinski definition) is 1. The number of nitrogens with one attached hydrogen (secondary N) is 1. The average molecular weight is 270 g/mol. The van der Waals surface area contributed by atoms with Gasteiger partial charge < -0.3 is 10.2 Å². The first-order valence-electron chi connectivity index (χ1n) is 6.41. The van der Waals surface area contributed by atoms with Crippen LogP contribution in [-0.2, 0) is 6.54 Å². The van der Waals surface area contributed by atoms with Crippen LogP contribution in [0.1, 0.15) is 21.6 Å². The molecule has 1 aromatic heterocycles. The molecular weight excluding hydrogens is 252 g/mol. The second-order valence-electron chi connectivity index (χ2n) is 4.69. The van der Waals surface area contributed by atoms with Crippen LogP contribution in [0.4, 0.5) is 5.82 Å². The SMILES string of the molecule is CNc1cncc(C(=O)N(C)Cc2cccc(C)c2)n1. The van der Waals surface area contributed by atoms with Crippen LogP contribution in [0.25, 0.3) is 0 Å². The van der Waals surface area contributed by atoms with Gasteiger partial charge in [0.05, 0.1) is 12.4 Å². The minimum Gasteiger partial charge on any atom is -0.372 e. The van der Waals surface area contributed by atoms with Crippen molar-refractivity contribution in [3.8, 4) is 0 Å². The van der Waals surface area contributed by atoms with Crippen molar-refractivity contribution in [3.63, 3.8) is 0 Å². The van der Waals surface area contributed by atoms with Crippen molar-refractivity contribution in [1.82, 2.24) is 14.9 Å². The predicted molar refractivity (Wildman–Crippen MR) is 78.6 cm³/mol. The molecule has 5 nitrogen and oxygen atoms in total. The van der Waals surface area contributed by atoms with E-state index >= 15 is 0 Å². The monoisotopic (exact) mass is 270 g/mol. The van der Waals surface area contributed by atoms with E-state index < -0.39 is 0 Å². The van der Waals surface area contributed by atoms with E-state index in [1.54, 1.807) is 25.2 Å². The summed E-state index contributed by atoms with van der Waals surface area (Å²) in [6, 6.07) is 8.10. The van der Waals surface area contributed by atoms with Crippen LogP contribution in [-0.4, -0.2) is 34.9 Å². The zero-order chi connectivity index (χ0) is 14.5. The molecule has 0 saturated heterocycles. The number of rotatable bonds is 4. The third kappa shape index (κ3) is 3.32. The van der Waals surface area contributed by atoms with Gasteiger partial charge in [-0.3, -0.25) is 9.78 Å². The number of nitrogens with zero attached hydrogens (tertiary/aromatic N) is 3. The lowest BCUT2D eigenvalue weighted by Gasteiger charge is -2.17. The molecule has 0 fully saturated rings. The Kier molecular flexibility index (Phi) is 4.30. The highest BCUT2D eigenvalue weighted by Crippen LogP contribution is 2.09. The summed E-state index contributed by atoms with van der Waals surface area (Å²) in [6.07, 6.45) is 3.06. The molecule has 2 aromatic rings. The van der Waals surface area contributed by atoms with Crippen molar-refractivity contribution in [2.75, 3.05) is 19.4 Å². The first kappa shape index (κ1) is 14.0. The number of aryl methyl sites for hydroxylation is 1. The van der Waals surface area contributed by atoms with E-state index in [4.69, 9.17) is 0 Å². The topological polar surface area (TPSA) is 58.1 Å². The van der Waals surface area contributed by atoms with Gasteiger partial charge in [-0.2, -0.15) is 0 Å². The van der Waals surface area contributed by atoms with Crippen molar-refractivity contribution >= 4 is 11.7 Å². The largest absolute Gasteiger partial charge is 0.372 e. The predicted octanol–water partition coefficient (Wildman–Crippen LogP) is 2.10. The Morgan fingerprint density at radius 2 is 2.15 bits per heavy atom. The molecule has 2 rings (SSSR count). The molecule has 0 aliphatic carbocycles. The summed E-state index contributed by atoms with van der Waals surface area (Å²) in [5.41, 5.74) is 2.62. The summed E-state index contributed by atoms with van der Waals surface area (Å²) in [7, 11) is 3.51. The Hall–Kier alpha value is -2.43. The number of anilines is 1. The lowest BCUT2D eigenvalue weighted by atomic mass is 10.1. The third-order valence-corrected chi connectivity index (χ3v) is 2.96. The van der Waals surface area contributed by atoms with Crippen molar-refractivity contribution in [3.05, 3.63) is 53.5 Å².